The number of rotatable bonds is 4. The van der Waals surface area contributed by atoms with Crippen LogP contribution >= 0.6 is 0 Å². The summed E-state index contributed by atoms with van der Waals surface area (Å²) in [6.07, 6.45) is 2.07. The van der Waals surface area contributed by atoms with Crippen molar-refractivity contribution >= 4 is 5.97 Å². The Morgan fingerprint density at radius 1 is 1.03 bits per heavy atom. The Hall–Kier alpha value is -1.89. The van der Waals surface area contributed by atoms with E-state index in [4.69, 9.17) is 9.47 Å². The zero-order valence-corrected chi connectivity index (χ0v) is 17.9. The molecule has 4 aliphatic heterocycles. The quantitative estimate of drug-likeness (QED) is 0.519. The lowest BCUT2D eigenvalue weighted by Crippen LogP contribution is -3.00. The van der Waals surface area contributed by atoms with E-state index in [0.717, 1.165) is 66.1 Å². The number of hydrogen-bond acceptors (Lipinski definition) is 4. The number of quaternary nitrogens is 1. The molecule has 2 aromatic rings. The lowest BCUT2D eigenvalue weighted by molar-refractivity contribution is -0.946. The molecule has 0 spiro atoms. The van der Waals surface area contributed by atoms with E-state index < -0.39 is 5.92 Å². The molecule has 154 valence electrons. The van der Waals surface area contributed by atoms with Crippen LogP contribution in [0.5, 0.6) is 11.5 Å². The first kappa shape index (κ1) is 20.4. The van der Waals surface area contributed by atoms with E-state index in [1.807, 2.05) is 48.5 Å². The summed E-state index contributed by atoms with van der Waals surface area (Å²) in [6.45, 7) is 3.93. The third-order valence-electron chi connectivity index (χ3n) is 6.80. The number of esters is 1. The fraction of sp³-hybridized carbons (Fsp3) is 0.435. The Morgan fingerprint density at radius 2 is 1.62 bits per heavy atom. The van der Waals surface area contributed by atoms with Crippen molar-refractivity contribution in [1.29, 1.82) is 0 Å². The van der Waals surface area contributed by atoms with Crippen LogP contribution in [0.4, 0.5) is 0 Å². The highest BCUT2D eigenvalue weighted by molar-refractivity contribution is 5.85. The zero-order valence-electron chi connectivity index (χ0n) is 16.3. The Bertz CT molecular complexity index is 843. The number of fused-ring (bicyclic) bond motifs is 5. The van der Waals surface area contributed by atoms with Crippen LogP contribution in [0.25, 0.3) is 0 Å². The Labute approximate surface area is 181 Å². The smallest absolute Gasteiger partial charge is 0.318 e. The molecule has 2 aromatic carbocycles. The van der Waals surface area contributed by atoms with E-state index in [2.05, 4.69) is 0 Å². The van der Waals surface area contributed by atoms with Crippen molar-refractivity contribution in [2.75, 3.05) is 32.8 Å². The Balaban J connectivity index is 0.00000205. The number of carbonyl (C=O) groups is 1. The van der Waals surface area contributed by atoms with Crippen LogP contribution in [0.1, 0.15) is 29.9 Å². The highest BCUT2D eigenvalue weighted by atomic mass is 79.9. The van der Waals surface area contributed by atoms with E-state index in [9.17, 15) is 9.90 Å². The van der Waals surface area contributed by atoms with Crippen LogP contribution in [0.2, 0.25) is 0 Å². The van der Waals surface area contributed by atoms with Gasteiger partial charge in [0.15, 0.2) is 6.10 Å². The standard InChI is InChI=1S/C23H26NO4.BrH/c25-14-13-24-11-9-16(10-12-24)21(15-24)28-23(26)22-17-5-1-3-7-19(17)27-20-8-4-2-6-18(20)22;/h1-8,16,21-22,25H,9-15H2;1H/q+1;/p-1/t16?,21-,24?;/m0./s1. The van der Waals surface area contributed by atoms with Crippen LogP contribution in [-0.2, 0) is 9.53 Å². The largest absolute Gasteiger partial charge is 1.00 e. The van der Waals surface area contributed by atoms with Crippen molar-refractivity contribution < 1.29 is 40.8 Å². The normalized spacial score (nSPS) is 27.2. The number of benzene rings is 2. The second-order valence-electron chi connectivity index (χ2n) is 8.34. The number of carbonyl (C=O) groups excluding carboxylic acids is 1. The fourth-order valence-electron chi connectivity index (χ4n) is 5.26. The van der Waals surface area contributed by atoms with Crippen LogP contribution < -0.4 is 21.7 Å². The summed E-state index contributed by atoms with van der Waals surface area (Å²) in [7, 11) is 0. The average Bonchev–Trinajstić information content (AvgIpc) is 2.72. The molecule has 6 heteroatoms. The molecule has 6 rings (SSSR count). The number of piperidine rings is 3. The van der Waals surface area contributed by atoms with Gasteiger partial charge in [-0.2, -0.15) is 0 Å². The third-order valence-corrected chi connectivity index (χ3v) is 6.80. The van der Waals surface area contributed by atoms with Crippen molar-refractivity contribution in [3.63, 3.8) is 0 Å². The van der Waals surface area contributed by atoms with Gasteiger partial charge < -0.3 is 36.0 Å². The average molecular weight is 460 g/mol. The van der Waals surface area contributed by atoms with Gasteiger partial charge >= 0.3 is 5.97 Å². The minimum absolute atomic E-state index is 0. The summed E-state index contributed by atoms with van der Waals surface area (Å²) in [5, 5.41) is 9.49. The minimum atomic E-state index is -0.456. The maximum Gasteiger partial charge on any atom is 0.318 e. The van der Waals surface area contributed by atoms with E-state index >= 15 is 0 Å². The van der Waals surface area contributed by atoms with Crippen LogP contribution in [-0.4, -0.2) is 54.4 Å². The number of ether oxygens (including phenoxy) is 2. The van der Waals surface area contributed by atoms with Gasteiger partial charge in [0.25, 0.3) is 0 Å². The number of nitrogens with zero attached hydrogens (tertiary/aromatic N) is 1. The van der Waals surface area contributed by atoms with Crippen LogP contribution in [0.3, 0.4) is 0 Å². The van der Waals surface area contributed by atoms with Crippen LogP contribution in [0.15, 0.2) is 48.5 Å². The SMILES string of the molecule is O=C(O[C@H]1C[N+]2(CCO)CCC1CC2)C1c2ccccc2Oc2ccccc21.[Br-]. The molecule has 29 heavy (non-hydrogen) atoms. The molecule has 0 aromatic heterocycles. The van der Waals surface area contributed by atoms with Crippen molar-refractivity contribution in [3.05, 3.63) is 59.7 Å². The van der Waals surface area contributed by atoms with Gasteiger partial charge in [0.05, 0.1) is 19.7 Å². The number of para-hydroxylation sites is 2. The van der Waals surface area contributed by atoms with Crippen molar-refractivity contribution in [3.8, 4) is 11.5 Å². The molecule has 0 unspecified atom stereocenters. The molecule has 0 saturated carbocycles. The summed E-state index contributed by atoms with van der Waals surface area (Å²) >= 11 is 0. The lowest BCUT2D eigenvalue weighted by atomic mass is 9.82. The van der Waals surface area contributed by atoms with Gasteiger partial charge in [0.2, 0.25) is 0 Å². The van der Waals surface area contributed by atoms with Gasteiger partial charge in [-0.05, 0) is 12.1 Å². The molecule has 3 saturated heterocycles. The molecular weight excluding hydrogens is 434 g/mol. The van der Waals surface area contributed by atoms with Crippen molar-refractivity contribution in [1.82, 2.24) is 0 Å². The second-order valence-corrected chi connectivity index (χ2v) is 8.34. The number of hydrogen-bond donors (Lipinski definition) is 1. The summed E-state index contributed by atoms with van der Waals surface area (Å²) in [6, 6.07) is 15.4. The predicted molar refractivity (Wildman–Crippen MR) is 104 cm³/mol. The number of halogens is 1. The van der Waals surface area contributed by atoms with E-state index in [-0.39, 0.29) is 35.7 Å². The van der Waals surface area contributed by atoms with E-state index in [1.54, 1.807) is 0 Å². The van der Waals surface area contributed by atoms with E-state index in [0.29, 0.717) is 5.92 Å². The zero-order chi connectivity index (χ0) is 19.1. The summed E-state index contributed by atoms with van der Waals surface area (Å²) in [5.41, 5.74) is 1.73. The highest BCUT2D eigenvalue weighted by Gasteiger charge is 2.48. The van der Waals surface area contributed by atoms with Crippen molar-refractivity contribution in [2.24, 2.45) is 5.92 Å². The van der Waals surface area contributed by atoms with Gasteiger partial charge in [-0.15, -0.1) is 0 Å². The molecule has 0 radical (unpaired) electrons. The molecule has 4 heterocycles. The van der Waals surface area contributed by atoms with Gasteiger partial charge in [0, 0.05) is 29.9 Å². The van der Waals surface area contributed by atoms with Crippen LogP contribution in [0, 0.1) is 5.92 Å². The minimum Gasteiger partial charge on any atom is -1.00 e. The Morgan fingerprint density at radius 3 is 2.21 bits per heavy atom. The molecule has 1 atom stereocenters. The monoisotopic (exact) mass is 459 g/mol. The first-order chi connectivity index (χ1) is 13.7. The summed E-state index contributed by atoms with van der Waals surface area (Å²) in [4.78, 5) is 13.4. The molecule has 4 aliphatic rings. The first-order valence-electron chi connectivity index (χ1n) is 10.2. The lowest BCUT2D eigenvalue weighted by Gasteiger charge is -2.52. The third kappa shape index (κ3) is 3.58. The fourth-order valence-corrected chi connectivity index (χ4v) is 5.26. The molecule has 1 N–H and O–H groups in total. The first-order valence-corrected chi connectivity index (χ1v) is 10.2. The molecule has 2 bridgehead atoms. The molecule has 0 amide bonds. The molecular formula is C23H26BrNO4. The van der Waals surface area contributed by atoms with Crippen molar-refractivity contribution in [2.45, 2.75) is 24.9 Å². The highest BCUT2D eigenvalue weighted by Crippen LogP contribution is 2.45. The molecule has 5 nitrogen and oxygen atoms in total. The van der Waals surface area contributed by atoms with Gasteiger partial charge in [-0.3, -0.25) is 4.79 Å². The number of aliphatic hydroxyl groups excluding tert-OH is 1. The summed E-state index contributed by atoms with van der Waals surface area (Å²) < 4.78 is 13.0. The van der Waals surface area contributed by atoms with Gasteiger partial charge in [-0.1, -0.05) is 36.4 Å². The predicted octanol–water partition coefficient (Wildman–Crippen LogP) is 0.0727. The second kappa shape index (κ2) is 8.09. The van der Waals surface area contributed by atoms with Gasteiger partial charge in [0.1, 0.15) is 30.5 Å². The number of aliphatic hydroxyl groups is 1. The Kier molecular flexibility index (Phi) is 5.69. The molecule has 3 fully saturated rings. The topological polar surface area (TPSA) is 55.8 Å². The molecule has 0 aliphatic carbocycles. The van der Waals surface area contributed by atoms with E-state index in [1.165, 1.54) is 0 Å². The summed E-state index contributed by atoms with van der Waals surface area (Å²) in [5.74, 6) is 1.24. The maximum absolute atomic E-state index is 13.4. The maximum atomic E-state index is 13.4. The van der Waals surface area contributed by atoms with Gasteiger partial charge in [-0.25, -0.2) is 0 Å².